The minimum Gasteiger partial charge on any atom is -0.362 e. The van der Waals surface area contributed by atoms with Gasteiger partial charge in [0, 0.05) is 27.2 Å². The van der Waals surface area contributed by atoms with E-state index in [9.17, 15) is 4.79 Å². The Morgan fingerprint density at radius 2 is 2.00 bits per heavy atom. The molecule has 0 fully saturated rings. The Kier molecular flexibility index (Phi) is 2.15. The van der Waals surface area contributed by atoms with E-state index in [-0.39, 0.29) is 5.56 Å². The summed E-state index contributed by atoms with van der Waals surface area (Å²) in [7, 11) is 5.52. The summed E-state index contributed by atoms with van der Waals surface area (Å²) in [5.41, 5.74) is 0.590. The second-order valence-corrected chi connectivity index (χ2v) is 3.56. The first-order chi connectivity index (χ1) is 7.11. The van der Waals surface area contributed by atoms with Crippen molar-refractivity contribution in [3.63, 3.8) is 0 Å². The van der Waals surface area contributed by atoms with Crippen LogP contribution in [0.25, 0.3) is 11.0 Å². The minimum absolute atomic E-state index is 0.0640. The molecule has 2 heterocycles. The monoisotopic (exact) mass is 204 g/mol. The fraction of sp³-hybridized carbons (Fsp3) is 0.300. The molecule has 2 aromatic heterocycles. The molecule has 78 valence electrons. The van der Waals surface area contributed by atoms with Gasteiger partial charge in [-0.3, -0.25) is 9.36 Å². The molecule has 15 heavy (non-hydrogen) atoms. The van der Waals surface area contributed by atoms with Gasteiger partial charge in [0.25, 0.3) is 5.56 Å². The topological polar surface area (TPSA) is 51.0 Å². The number of anilines is 1. The summed E-state index contributed by atoms with van der Waals surface area (Å²) in [4.78, 5) is 21.6. The van der Waals surface area contributed by atoms with Crippen LogP contribution in [0, 0.1) is 0 Å². The second-order valence-electron chi connectivity index (χ2n) is 3.56. The van der Waals surface area contributed by atoms with Gasteiger partial charge in [-0.25, -0.2) is 9.97 Å². The average Bonchev–Trinajstić information content (AvgIpc) is 2.23. The standard InChI is InChI=1S/C10H12N4O/c1-13(2)9-7-4-5-8(15)14(3)10(7)12-6-11-9/h4-6H,1-3H3. The largest absolute Gasteiger partial charge is 0.362 e. The molecule has 0 N–H and O–H groups in total. The van der Waals surface area contributed by atoms with Crippen LogP contribution < -0.4 is 10.5 Å². The van der Waals surface area contributed by atoms with Crippen LogP contribution in [0.3, 0.4) is 0 Å². The Hall–Kier alpha value is -1.91. The van der Waals surface area contributed by atoms with Crippen molar-refractivity contribution < 1.29 is 0 Å². The molecule has 0 saturated carbocycles. The molecule has 0 aliphatic rings. The van der Waals surface area contributed by atoms with E-state index in [0.29, 0.717) is 5.65 Å². The summed E-state index contributed by atoms with van der Waals surface area (Å²) < 4.78 is 1.52. The van der Waals surface area contributed by atoms with E-state index < -0.39 is 0 Å². The predicted molar refractivity (Wildman–Crippen MR) is 59.1 cm³/mol. The Balaban J connectivity index is 2.89. The lowest BCUT2D eigenvalue weighted by molar-refractivity contribution is 0.881. The van der Waals surface area contributed by atoms with Crippen molar-refractivity contribution in [1.29, 1.82) is 0 Å². The lowest BCUT2D eigenvalue weighted by Gasteiger charge is -2.13. The van der Waals surface area contributed by atoms with E-state index in [4.69, 9.17) is 0 Å². The van der Waals surface area contributed by atoms with Crippen molar-refractivity contribution in [2.24, 2.45) is 7.05 Å². The zero-order valence-corrected chi connectivity index (χ0v) is 8.93. The maximum absolute atomic E-state index is 11.4. The van der Waals surface area contributed by atoms with E-state index in [1.807, 2.05) is 19.0 Å². The third-order valence-corrected chi connectivity index (χ3v) is 2.31. The molecule has 5 heteroatoms. The molecule has 0 bridgehead atoms. The number of fused-ring (bicyclic) bond motifs is 1. The molecule has 0 amide bonds. The molecular weight excluding hydrogens is 192 g/mol. The molecule has 5 nitrogen and oxygen atoms in total. The smallest absolute Gasteiger partial charge is 0.251 e. The van der Waals surface area contributed by atoms with Crippen LogP contribution in [0.2, 0.25) is 0 Å². The van der Waals surface area contributed by atoms with E-state index in [0.717, 1.165) is 11.2 Å². The molecule has 0 aromatic carbocycles. The normalized spacial score (nSPS) is 10.6. The molecule has 0 radical (unpaired) electrons. The fourth-order valence-electron chi connectivity index (χ4n) is 1.52. The summed E-state index contributed by atoms with van der Waals surface area (Å²) in [5, 5.41) is 0.879. The fourth-order valence-corrected chi connectivity index (χ4v) is 1.52. The van der Waals surface area contributed by atoms with Gasteiger partial charge in [0.05, 0.1) is 5.39 Å². The molecular formula is C10H12N4O. The van der Waals surface area contributed by atoms with E-state index in [2.05, 4.69) is 9.97 Å². The van der Waals surface area contributed by atoms with Crippen molar-refractivity contribution in [3.8, 4) is 0 Å². The average molecular weight is 204 g/mol. The predicted octanol–water partition coefficient (Wildman–Crippen LogP) is 0.394. The number of nitrogens with zero attached hydrogens (tertiary/aromatic N) is 4. The maximum Gasteiger partial charge on any atom is 0.251 e. The van der Waals surface area contributed by atoms with Crippen LogP contribution in [0.5, 0.6) is 0 Å². The lowest BCUT2D eigenvalue weighted by Crippen LogP contribution is -2.18. The minimum atomic E-state index is -0.0640. The first-order valence-electron chi connectivity index (χ1n) is 4.59. The highest BCUT2D eigenvalue weighted by atomic mass is 16.1. The van der Waals surface area contributed by atoms with Crippen LogP contribution in [-0.2, 0) is 7.05 Å². The zero-order valence-electron chi connectivity index (χ0n) is 8.93. The summed E-state index contributed by atoms with van der Waals surface area (Å²) in [5.74, 6) is 0.815. The van der Waals surface area contributed by atoms with Gasteiger partial charge in [0.2, 0.25) is 0 Å². The van der Waals surface area contributed by atoms with Crippen LogP contribution in [0.4, 0.5) is 5.82 Å². The molecule has 0 spiro atoms. The number of aryl methyl sites for hydroxylation is 1. The van der Waals surface area contributed by atoms with Gasteiger partial charge >= 0.3 is 0 Å². The summed E-state index contributed by atoms with van der Waals surface area (Å²) >= 11 is 0. The summed E-state index contributed by atoms with van der Waals surface area (Å²) in [6.45, 7) is 0. The van der Waals surface area contributed by atoms with Crippen molar-refractivity contribution in [2.45, 2.75) is 0 Å². The lowest BCUT2D eigenvalue weighted by atomic mass is 10.3. The van der Waals surface area contributed by atoms with Gasteiger partial charge in [0.1, 0.15) is 17.8 Å². The zero-order chi connectivity index (χ0) is 11.0. The van der Waals surface area contributed by atoms with Gasteiger partial charge in [0.15, 0.2) is 0 Å². The molecule has 0 aliphatic heterocycles. The Labute approximate surface area is 87.0 Å². The number of aromatic nitrogens is 3. The van der Waals surface area contributed by atoms with Crippen molar-refractivity contribution in [1.82, 2.24) is 14.5 Å². The molecule has 2 rings (SSSR count). The van der Waals surface area contributed by atoms with Crippen molar-refractivity contribution in [2.75, 3.05) is 19.0 Å². The molecule has 0 saturated heterocycles. The molecule has 0 aliphatic carbocycles. The Morgan fingerprint density at radius 1 is 1.27 bits per heavy atom. The highest BCUT2D eigenvalue weighted by molar-refractivity contribution is 5.86. The Bertz CT molecular complexity index is 559. The summed E-state index contributed by atoms with van der Waals surface area (Å²) in [6, 6.07) is 3.28. The first-order valence-corrected chi connectivity index (χ1v) is 4.59. The maximum atomic E-state index is 11.4. The molecule has 0 unspecified atom stereocenters. The van der Waals surface area contributed by atoms with E-state index in [1.54, 1.807) is 13.1 Å². The third-order valence-electron chi connectivity index (χ3n) is 2.31. The van der Waals surface area contributed by atoms with E-state index >= 15 is 0 Å². The molecule has 0 atom stereocenters. The van der Waals surface area contributed by atoms with Crippen LogP contribution in [-0.4, -0.2) is 28.6 Å². The number of hydrogen-bond donors (Lipinski definition) is 0. The van der Waals surface area contributed by atoms with Crippen LogP contribution in [0.1, 0.15) is 0 Å². The van der Waals surface area contributed by atoms with Crippen molar-refractivity contribution >= 4 is 16.9 Å². The second kappa shape index (κ2) is 3.34. The quantitative estimate of drug-likeness (QED) is 0.674. The number of hydrogen-bond acceptors (Lipinski definition) is 4. The first kappa shape index (κ1) is 9.64. The highest BCUT2D eigenvalue weighted by Crippen LogP contribution is 2.18. The van der Waals surface area contributed by atoms with Crippen LogP contribution >= 0.6 is 0 Å². The third kappa shape index (κ3) is 1.45. The van der Waals surface area contributed by atoms with E-state index in [1.165, 1.54) is 17.0 Å². The van der Waals surface area contributed by atoms with Gasteiger partial charge in [-0.2, -0.15) is 0 Å². The van der Waals surface area contributed by atoms with Gasteiger partial charge in [-0.1, -0.05) is 0 Å². The van der Waals surface area contributed by atoms with Crippen molar-refractivity contribution in [3.05, 3.63) is 28.8 Å². The Morgan fingerprint density at radius 3 is 2.67 bits per heavy atom. The number of pyridine rings is 1. The molecule has 2 aromatic rings. The van der Waals surface area contributed by atoms with Gasteiger partial charge in [-0.05, 0) is 6.07 Å². The summed E-state index contributed by atoms with van der Waals surface area (Å²) in [6.07, 6.45) is 1.47. The number of rotatable bonds is 1. The van der Waals surface area contributed by atoms with Gasteiger partial charge < -0.3 is 4.90 Å². The van der Waals surface area contributed by atoms with Gasteiger partial charge in [-0.15, -0.1) is 0 Å². The van der Waals surface area contributed by atoms with Crippen LogP contribution in [0.15, 0.2) is 23.3 Å². The SMILES string of the molecule is CN(C)c1ncnc2c1ccc(=O)n2C. The highest BCUT2D eigenvalue weighted by Gasteiger charge is 2.07.